The zero-order valence-corrected chi connectivity index (χ0v) is 16.1. The van der Waals surface area contributed by atoms with Gasteiger partial charge in [0.2, 0.25) is 0 Å². The van der Waals surface area contributed by atoms with Crippen molar-refractivity contribution >= 4 is 23.0 Å². The van der Waals surface area contributed by atoms with E-state index >= 15 is 0 Å². The molecule has 1 aliphatic heterocycles. The van der Waals surface area contributed by atoms with Gasteiger partial charge in [0.1, 0.15) is 0 Å². The van der Waals surface area contributed by atoms with E-state index in [4.69, 9.17) is 5.73 Å². The molecule has 1 heterocycles. The predicted octanol–water partition coefficient (Wildman–Crippen LogP) is 2.58. The monoisotopic (exact) mass is 360 g/mol. The van der Waals surface area contributed by atoms with Crippen LogP contribution in [0.15, 0.2) is 12.1 Å². The van der Waals surface area contributed by atoms with Crippen molar-refractivity contribution in [1.29, 1.82) is 0 Å². The van der Waals surface area contributed by atoms with E-state index in [1.165, 1.54) is 0 Å². The summed E-state index contributed by atoms with van der Waals surface area (Å²) in [7, 11) is 1.82. The Morgan fingerprint density at radius 3 is 2.58 bits per heavy atom. The van der Waals surface area contributed by atoms with Crippen molar-refractivity contribution < 1.29 is 9.90 Å². The Labute approximate surface area is 156 Å². The number of carbonyl (C=O) groups excluding carboxylic acids is 1. The highest BCUT2D eigenvalue weighted by molar-refractivity contribution is 6.02. The maximum atomic E-state index is 13.0. The number of nitrogens with two attached hydrogens (primary N) is 1. The number of β-amino-alcohol motifs (C(OH)–C–C–N with tert-alkyl or cyclic N) is 1. The van der Waals surface area contributed by atoms with Gasteiger partial charge in [-0.2, -0.15) is 0 Å². The van der Waals surface area contributed by atoms with Crippen molar-refractivity contribution in [3.05, 3.63) is 17.7 Å². The van der Waals surface area contributed by atoms with Crippen molar-refractivity contribution in [3.8, 4) is 0 Å². The number of hydrogen-bond donors (Lipinski definition) is 4. The Morgan fingerprint density at radius 1 is 1.31 bits per heavy atom. The Balaban J connectivity index is 1.85. The topological polar surface area (TPSA) is 90.6 Å². The predicted molar refractivity (Wildman–Crippen MR) is 107 cm³/mol. The molecular weight excluding hydrogens is 328 g/mol. The third kappa shape index (κ3) is 4.06. The number of amides is 1. The molecule has 5 N–H and O–H groups in total. The van der Waals surface area contributed by atoms with Crippen LogP contribution in [0.1, 0.15) is 56.3 Å². The number of hydrogen-bond acceptors (Lipinski definition) is 5. The van der Waals surface area contributed by atoms with E-state index in [1.54, 1.807) is 6.07 Å². The molecule has 26 heavy (non-hydrogen) atoms. The van der Waals surface area contributed by atoms with Crippen LogP contribution in [0.2, 0.25) is 0 Å². The minimum atomic E-state index is -0.728. The van der Waals surface area contributed by atoms with Crippen molar-refractivity contribution in [2.75, 3.05) is 36.1 Å². The van der Waals surface area contributed by atoms with Gasteiger partial charge < -0.3 is 26.4 Å². The molecule has 1 aliphatic carbocycles. The van der Waals surface area contributed by atoms with Crippen molar-refractivity contribution in [1.82, 2.24) is 5.32 Å². The van der Waals surface area contributed by atoms with Gasteiger partial charge in [0.05, 0.1) is 28.2 Å². The molecule has 1 amide bonds. The normalized spacial score (nSPS) is 28.8. The SMILES string of the molecule is CNc1cc(N2CCC(C)(O)C2)c(C(=O)NC2CCC(C)CC2)cc1N. The lowest BCUT2D eigenvalue weighted by Gasteiger charge is -2.28. The van der Waals surface area contributed by atoms with Gasteiger partial charge in [0.25, 0.3) is 5.91 Å². The van der Waals surface area contributed by atoms with Crippen LogP contribution in [0.25, 0.3) is 0 Å². The van der Waals surface area contributed by atoms with Crippen molar-refractivity contribution in [2.45, 2.75) is 57.6 Å². The Hall–Kier alpha value is -1.95. The summed E-state index contributed by atoms with van der Waals surface area (Å²) in [4.78, 5) is 15.1. The molecule has 1 unspecified atom stereocenters. The minimum Gasteiger partial charge on any atom is -0.397 e. The lowest BCUT2D eigenvalue weighted by Crippen LogP contribution is -2.38. The molecule has 2 fully saturated rings. The molecule has 1 atom stereocenters. The van der Waals surface area contributed by atoms with E-state index < -0.39 is 5.60 Å². The maximum absolute atomic E-state index is 13.0. The molecule has 0 spiro atoms. The number of anilines is 3. The fourth-order valence-electron chi connectivity index (χ4n) is 4.08. The zero-order chi connectivity index (χ0) is 18.9. The molecule has 1 aromatic rings. The van der Waals surface area contributed by atoms with E-state index in [1.807, 2.05) is 20.0 Å². The quantitative estimate of drug-likeness (QED) is 0.620. The first-order valence-electron chi connectivity index (χ1n) is 9.68. The number of benzene rings is 1. The highest BCUT2D eigenvalue weighted by atomic mass is 16.3. The number of nitrogens with zero attached hydrogens (tertiary/aromatic N) is 1. The summed E-state index contributed by atoms with van der Waals surface area (Å²) in [5.41, 5.74) is 8.20. The fourth-order valence-corrected chi connectivity index (χ4v) is 4.08. The molecule has 144 valence electrons. The highest BCUT2D eigenvalue weighted by Gasteiger charge is 2.33. The van der Waals surface area contributed by atoms with Gasteiger partial charge in [-0.15, -0.1) is 0 Å². The molecule has 1 aromatic carbocycles. The Morgan fingerprint density at radius 2 is 2.00 bits per heavy atom. The molecule has 6 nitrogen and oxygen atoms in total. The summed E-state index contributed by atoms with van der Waals surface area (Å²) >= 11 is 0. The van der Waals surface area contributed by atoms with Crippen LogP contribution < -0.4 is 21.3 Å². The molecule has 6 heteroatoms. The molecule has 1 saturated heterocycles. The second-order valence-corrected chi connectivity index (χ2v) is 8.31. The summed E-state index contributed by atoms with van der Waals surface area (Å²) in [6.07, 6.45) is 5.07. The lowest BCUT2D eigenvalue weighted by atomic mass is 9.87. The number of nitrogen functional groups attached to an aromatic ring is 1. The average molecular weight is 361 g/mol. The van der Waals surface area contributed by atoms with Gasteiger partial charge in [-0.1, -0.05) is 6.92 Å². The molecular formula is C20H32N4O2. The third-order valence-electron chi connectivity index (χ3n) is 5.83. The summed E-state index contributed by atoms with van der Waals surface area (Å²) in [5, 5.41) is 16.6. The van der Waals surface area contributed by atoms with Crippen LogP contribution >= 0.6 is 0 Å². The minimum absolute atomic E-state index is 0.0690. The van der Waals surface area contributed by atoms with Crippen LogP contribution in [0, 0.1) is 5.92 Å². The van der Waals surface area contributed by atoms with Gasteiger partial charge in [-0.05, 0) is 57.1 Å². The number of rotatable bonds is 4. The second-order valence-electron chi connectivity index (χ2n) is 8.31. The van der Waals surface area contributed by atoms with Gasteiger partial charge in [-0.3, -0.25) is 4.79 Å². The first kappa shape index (κ1) is 18.8. The number of aliphatic hydroxyl groups is 1. The van der Waals surface area contributed by atoms with Crippen LogP contribution in [-0.2, 0) is 0 Å². The van der Waals surface area contributed by atoms with Gasteiger partial charge >= 0.3 is 0 Å². The smallest absolute Gasteiger partial charge is 0.253 e. The first-order valence-corrected chi connectivity index (χ1v) is 9.68. The third-order valence-corrected chi connectivity index (χ3v) is 5.83. The van der Waals surface area contributed by atoms with Crippen LogP contribution in [0.3, 0.4) is 0 Å². The Kier molecular flexibility index (Phi) is 5.32. The fraction of sp³-hybridized carbons (Fsp3) is 0.650. The van der Waals surface area contributed by atoms with E-state index in [2.05, 4.69) is 22.5 Å². The highest BCUT2D eigenvalue weighted by Crippen LogP contribution is 2.34. The second kappa shape index (κ2) is 7.35. The van der Waals surface area contributed by atoms with E-state index in [9.17, 15) is 9.90 Å². The molecule has 0 aromatic heterocycles. The van der Waals surface area contributed by atoms with Gasteiger partial charge in [0, 0.05) is 26.2 Å². The van der Waals surface area contributed by atoms with Crippen LogP contribution in [0.4, 0.5) is 17.1 Å². The van der Waals surface area contributed by atoms with Crippen molar-refractivity contribution in [2.24, 2.45) is 5.92 Å². The molecule has 2 aliphatic rings. The maximum Gasteiger partial charge on any atom is 0.253 e. The molecule has 1 saturated carbocycles. The lowest BCUT2D eigenvalue weighted by molar-refractivity contribution is 0.0837. The Bertz CT molecular complexity index is 666. The molecule has 3 rings (SSSR count). The van der Waals surface area contributed by atoms with Crippen LogP contribution in [-0.4, -0.2) is 42.8 Å². The summed E-state index contributed by atoms with van der Waals surface area (Å²) in [6, 6.07) is 3.92. The van der Waals surface area contributed by atoms with Crippen molar-refractivity contribution in [3.63, 3.8) is 0 Å². The summed E-state index contributed by atoms with van der Waals surface area (Å²) in [5.74, 6) is 0.677. The zero-order valence-electron chi connectivity index (χ0n) is 16.1. The summed E-state index contributed by atoms with van der Waals surface area (Å²) < 4.78 is 0. The summed E-state index contributed by atoms with van der Waals surface area (Å²) in [6.45, 7) is 5.35. The standard InChI is InChI=1S/C20H32N4O2/c1-13-4-6-14(7-5-13)23-19(25)15-10-16(21)17(22-3)11-18(15)24-9-8-20(2,26)12-24/h10-11,13-14,22,26H,4-9,12,21H2,1-3H3,(H,23,25). The van der Waals surface area contributed by atoms with E-state index in [0.717, 1.165) is 49.5 Å². The number of nitrogens with one attached hydrogen (secondary N) is 2. The largest absolute Gasteiger partial charge is 0.397 e. The van der Waals surface area contributed by atoms with Crippen LogP contribution in [0.5, 0.6) is 0 Å². The molecule has 0 bridgehead atoms. The average Bonchev–Trinajstić information content (AvgIpc) is 2.96. The van der Waals surface area contributed by atoms with E-state index in [0.29, 0.717) is 24.2 Å². The number of carbonyl (C=O) groups is 1. The van der Waals surface area contributed by atoms with E-state index in [-0.39, 0.29) is 11.9 Å². The van der Waals surface area contributed by atoms with Gasteiger partial charge in [0.15, 0.2) is 0 Å². The molecule has 0 radical (unpaired) electrons. The first-order chi connectivity index (χ1) is 12.3. The van der Waals surface area contributed by atoms with Gasteiger partial charge in [-0.25, -0.2) is 0 Å².